The predicted molar refractivity (Wildman–Crippen MR) is 138 cm³/mol. The van der Waals surface area contributed by atoms with Crippen molar-refractivity contribution in [3.05, 3.63) is 35.4 Å². The molecule has 0 atom stereocenters. The van der Waals surface area contributed by atoms with Crippen LogP contribution in [0.4, 0.5) is 0 Å². The Morgan fingerprint density at radius 1 is 0.633 bits per heavy atom. The van der Waals surface area contributed by atoms with E-state index in [9.17, 15) is 4.79 Å². The van der Waals surface area contributed by atoms with E-state index in [0.717, 1.165) is 12.0 Å². The first-order valence-electron chi connectivity index (χ1n) is 12.8. The molecule has 0 fully saturated rings. The quantitative estimate of drug-likeness (QED) is 0.114. The molecule has 0 amide bonds. The fourth-order valence-corrected chi connectivity index (χ4v) is 4.77. The van der Waals surface area contributed by atoms with Crippen LogP contribution in [0.25, 0.3) is 0 Å². The van der Waals surface area contributed by atoms with Gasteiger partial charge in [-0.15, -0.1) is 0 Å². The van der Waals surface area contributed by atoms with Gasteiger partial charge in [-0.1, -0.05) is 128 Å². The van der Waals surface area contributed by atoms with E-state index in [1.165, 1.54) is 108 Å². The van der Waals surface area contributed by atoms with Gasteiger partial charge < -0.3 is 0 Å². The van der Waals surface area contributed by atoms with Crippen molar-refractivity contribution >= 4 is 16.7 Å². The number of carbonyl (C=O) groups excluding carboxylic acids is 1. The normalized spacial score (nSPS) is 11.3. The average Bonchev–Trinajstić information content (AvgIpc) is 2.73. The molecular formula is C28H49OS+. The maximum atomic E-state index is 12.1. The van der Waals surface area contributed by atoms with E-state index in [-0.39, 0.29) is 16.7 Å². The Kier molecular flexibility index (Phi) is 17.2. The van der Waals surface area contributed by atoms with Crippen molar-refractivity contribution in [3.8, 4) is 0 Å². The summed E-state index contributed by atoms with van der Waals surface area (Å²) in [5, 5.41) is 0. The van der Waals surface area contributed by atoms with Crippen LogP contribution < -0.4 is 0 Å². The van der Waals surface area contributed by atoms with Crippen LogP contribution in [-0.2, 0) is 17.3 Å². The van der Waals surface area contributed by atoms with Gasteiger partial charge >= 0.3 is 0 Å². The Morgan fingerprint density at radius 3 is 1.43 bits per heavy atom. The van der Waals surface area contributed by atoms with Crippen molar-refractivity contribution in [3.63, 3.8) is 0 Å². The van der Waals surface area contributed by atoms with E-state index in [0.29, 0.717) is 5.75 Å². The van der Waals surface area contributed by atoms with E-state index in [4.69, 9.17) is 0 Å². The third kappa shape index (κ3) is 15.1. The predicted octanol–water partition coefficient (Wildman–Crippen LogP) is 8.55. The molecule has 0 spiro atoms. The van der Waals surface area contributed by atoms with Gasteiger partial charge in [0.05, 0.1) is 12.5 Å². The topological polar surface area (TPSA) is 17.1 Å². The largest absolute Gasteiger partial charge is 0.289 e. The van der Waals surface area contributed by atoms with Crippen LogP contribution in [0.1, 0.15) is 126 Å². The Balaban J connectivity index is 1.89. The van der Waals surface area contributed by atoms with Gasteiger partial charge in [0.2, 0.25) is 5.78 Å². The fraction of sp³-hybridized carbons (Fsp3) is 0.750. The molecule has 0 aliphatic heterocycles. The smallest absolute Gasteiger partial charge is 0.211 e. The molecule has 0 aromatic heterocycles. The number of benzene rings is 1. The van der Waals surface area contributed by atoms with Gasteiger partial charge in [0.15, 0.2) is 5.75 Å². The molecule has 30 heavy (non-hydrogen) atoms. The lowest BCUT2D eigenvalue weighted by Crippen LogP contribution is -2.13. The molecule has 172 valence electrons. The lowest BCUT2D eigenvalue weighted by Gasteiger charge is -2.05. The first-order chi connectivity index (χ1) is 14.6. The molecule has 0 unspecified atom stereocenters. The molecule has 0 aliphatic rings. The molecule has 0 aliphatic carbocycles. The summed E-state index contributed by atoms with van der Waals surface area (Å²) in [5.74, 6) is 0.968. The lowest BCUT2D eigenvalue weighted by atomic mass is 10.0. The van der Waals surface area contributed by atoms with Crippen LogP contribution in [-0.4, -0.2) is 24.0 Å². The van der Waals surface area contributed by atoms with E-state index >= 15 is 0 Å². The second-order valence-corrected chi connectivity index (χ2v) is 11.6. The second-order valence-electron chi connectivity index (χ2n) is 9.30. The van der Waals surface area contributed by atoms with Gasteiger partial charge in [-0.05, 0) is 29.3 Å². The monoisotopic (exact) mass is 433 g/mol. The third-order valence-corrected chi connectivity index (χ3v) is 6.85. The zero-order valence-electron chi connectivity index (χ0n) is 20.4. The number of hydrogen-bond donors (Lipinski definition) is 0. The molecule has 0 saturated heterocycles. The van der Waals surface area contributed by atoms with E-state index < -0.39 is 0 Å². The first-order valence-corrected chi connectivity index (χ1v) is 15.0. The summed E-state index contributed by atoms with van der Waals surface area (Å²) >= 11 is 0. The number of Topliss-reactive ketones (excluding diaryl/α,β-unsaturated/α-hetero) is 1. The summed E-state index contributed by atoms with van der Waals surface area (Å²) in [6, 6.07) is 8.36. The zero-order valence-corrected chi connectivity index (χ0v) is 21.2. The number of aryl methyl sites for hydroxylation is 1. The standard InChI is InChI=1S/C28H49OS/c1-4-5-6-7-8-9-10-11-12-13-14-15-16-17-18-19-20-26-21-23-27(24-22-26)28(29)25-30(2)3/h21-24H,4-20,25H2,1-3H3/q+1. The number of unbranched alkanes of at least 4 members (excludes halogenated alkanes) is 15. The summed E-state index contributed by atoms with van der Waals surface area (Å²) < 4.78 is 0. The highest BCUT2D eigenvalue weighted by Crippen LogP contribution is 2.15. The molecule has 0 N–H and O–H groups in total. The summed E-state index contributed by atoms with van der Waals surface area (Å²) in [5.41, 5.74) is 2.26. The molecule has 1 nitrogen and oxygen atoms in total. The molecule has 0 bridgehead atoms. The Hall–Kier alpha value is -0.760. The highest BCUT2D eigenvalue weighted by Gasteiger charge is 2.13. The fourth-order valence-electron chi connectivity index (χ4n) is 4.08. The van der Waals surface area contributed by atoms with Crippen LogP contribution in [0, 0.1) is 0 Å². The number of carbonyl (C=O) groups is 1. The minimum atomic E-state index is 0.184. The van der Waals surface area contributed by atoms with Gasteiger partial charge in [-0.2, -0.15) is 0 Å². The summed E-state index contributed by atoms with van der Waals surface area (Å²) in [7, 11) is 0.184. The van der Waals surface area contributed by atoms with E-state index in [2.05, 4.69) is 31.6 Å². The molecule has 2 heteroatoms. The van der Waals surface area contributed by atoms with Crippen LogP contribution in [0.15, 0.2) is 24.3 Å². The van der Waals surface area contributed by atoms with Crippen molar-refractivity contribution in [1.29, 1.82) is 0 Å². The van der Waals surface area contributed by atoms with E-state index in [1.807, 2.05) is 12.1 Å². The maximum Gasteiger partial charge on any atom is 0.211 e. The zero-order chi connectivity index (χ0) is 21.9. The second kappa shape index (κ2) is 19.0. The van der Waals surface area contributed by atoms with Crippen molar-refractivity contribution in [2.45, 2.75) is 116 Å². The Labute approximate surface area is 191 Å². The molecule has 1 aromatic carbocycles. The molecule has 1 aromatic rings. The Bertz CT molecular complexity index is 520. The highest BCUT2D eigenvalue weighted by atomic mass is 32.2. The van der Waals surface area contributed by atoms with Gasteiger partial charge in [0.1, 0.15) is 0 Å². The minimum Gasteiger partial charge on any atom is -0.289 e. The van der Waals surface area contributed by atoms with E-state index in [1.54, 1.807) is 0 Å². The lowest BCUT2D eigenvalue weighted by molar-refractivity contribution is 0.102. The van der Waals surface area contributed by atoms with Gasteiger partial charge in [0.25, 0.3) is 0 Å². The highest BCUT2D eigenvalue weighted by molar-refractivity contribution is 7.96. The molecule has 1 rings (SSSR count). The van der Waals surface area contributed by atoms with Crippen LogP contribution in [0.5, 0.6) is 0 Å². The molecule has 0 saturated carbocycles. The SMILES string of the molecule is CCCCCCCCCCCCCCCCCCc1ccc(C(=O)C[S+](C)C)cc1. The first kappa shape index (κ1) is 27.3. The van der Waals surface area contributed by atoms with Crippen molar-refractivity contribution in [2.75, 3.05) is 18.3 Å². The molecular weight excluding hydrogens is 384 g/mol. The minimum absolute atomic E-state index is 0.184. The van der Waals surface area contributed by atoms with Crippen LogP contribution in [0.3, 0.4) is 0 Å². The van der Waals surface area contributed by atoms with Crippen LogP contribution in [0.2, 0.25) is 0 Å². The Morgan fingerprint density at radius 2 is 1.03 bits per heavy atom. The molecule has 0 radical (unpaired) electrons. The van der Waals surface area contributed by atoms with Gasteiger partial charge in [0, 0.05) is 5.56 Å². The maximum absolute atomic E-state index is 12.1. The van der Waals surface area contributed by atoms with Crippen molar-refractivity contribution < 1.29 is 4.79 Å². The summed E-state index contributed by atoms with van der Waals surface area (Å²) in [4.78, 5) is 12.1. The number of hydrogen-bond acceptors (Lipinski definition) is 1. The van der Waals surface area contributed by atoms with Crippen molar-refractivity contribution in [2.24, 2.45) is 0 Å². The average molecular weight is 434 g/mol. The van der Waals surface area contributed by atoms with Gasteiger partial charge in [-0.25, -0.2) is 0 Å². The molecule has 0 heterocycles. The van der Waals surface area contributed by atoms with Gasteiger partial charge in [-0.3, -0.25) is 4.79 Å². The number of ketones is 1. The third-order valence-electron chi connectivity index (χ3n) is 6.01. The number of rotatable bonds is 20. The van der Waals surface area contributed by atoms with Crippen LogP contribution >= 0.6 is 0 Å². The van der Waals surface area contributed by atoms with Crippen molar-refractivity contribution in [1.82, 2.24) is 0 Å². The summed E-state index contributed by atoms with van der Waals surface area (Å²) in [6.45, 7) is 2.29. The summed E-state index contributed by atoms with van der Waals surface area (Å²) in [6.07, 6.45) is 28.1.